The highest BCUT2D eigenvalue weighted by molar-refractivity contribution is 7.65. The first-order chi connectivity index (χ1) is 12.8. The van der Waals surface area contributed by atoms with Crippen LogP contribution in [0.3, 0.4) is 0 Å². The van der Waals surface area contributed by atoms with Gasteiger partial charge in [0.25, 0.3) is 29.0 Å². The van der Waals surface area contributed by atoms with Gasteiger partial charge >= 0.3 is 0 Å². The highest BCUT2D eigenvalue weighted by atomic mass is 31.3. The molecule has 2 heterocycles. The molecule has 0 amide bonds. The molecular formula is C8H11N5O12P3-3. The number of imidazole rings is 1. The molecule has 20 heteroatoms. The zero-order chi connectivity index (χ0) is 21.2. The van der Waals surface area contributed by atoms with Crippen LogP contribution in [0.5, 0.6) is 0 Å². The molecule has 2 rings (SSSR count). The quantitative estimate of drug-likeness (QED) is 0.236. The zero-order valence-corrected chi connectivity index (χ0v) is 16.1. The topological polar surface area (TPSA) is 267 Å². The molecule has 3 unspecified atom stereocenters. The third-order valence-electron chi connectivity index (χ3n) is 2.60. The summed E-state index contributed by atoms with van der Waals surface area (Å²) >= 11 is 0. The Kier molecular flexibility index (Phi) is 6.91. The smallest absolute Gasteiger partial charge is 0.280 e. The minimum atomic E-state index is -5.95. The lowest BCUT2D eigenvalue weighted by Crippen LogP contribution is -2.17. The van der Waals surface area contributed by atoms with Crippen LogP contribution in [0.25, 0.3) is 11.2 Å². The molecule has 0 saturated heterocycles. The third-order valence-corrected chi connectivity index (χ3v) is 6.33. The van der Waals surface area contributed by atoms with Gasteiger partial charge in [0.1, 0.15) is 6.73 Å². The number of H-pyrrole nitrogens is 1. The number of aromatic amines is 1. The van der Waals surface area contributed by atoms with Crippen LogP contribution < -0.4 is 26.0 Å². The summed E-state index contributed by atoms with van der Waals surface area (Å²) in [7, 11) is -17.3. The Morgan fingerprint density at radius 2 is 1.86 bits per heavy atom. The van der Waals surface area contributed by atoms with E-state index in [2.05, 4.69) is 28.1 Å². The van der Waals surface area contributed by atoms with Crippen molar-refractivity contribution in [2.24, 2.45) is 0 Å². The molecule has 2 aromatic rings. The molecule has 0 radical (unpaired) electrons. The number of nitrogens with zero attached hydrogens (tertiary/aromatic N) is 3. The van der Waals surface area contributed by atoms with E-state index in [0.29, 0.717) is 0 Å². The molecule has 0 bridgehead atoms. The van der Waals surface area contributed by atoms with Gasteiger partial charge in [-0.25, -0.2) is 13.6 Å². The van der Waals surface area contributed by atoms with Crippen LogP contribution in [-0.2, 0) is 38.3 Å². The number of phosphoric acid groups is 3. The Labute approximate surface area is 154 Å². The highest BCUT2D eigenvalue weighted by Gasteiger charge is 2.24. The fraction of sp³-hybridized carbons (Fsp3) is 0.375. The van der Waals surface area contributed by atoms with E-state index in [4.69, 9.17) is 15.4 Å². The average molecular weight is 462 g/mol. The van der Waals surface area contributed by atoms with E-state index in [1.54, 1.807) is 0 Å². The van der Waals surface area contributed by atoms with Crippen molar-refractivity contribution in [2.45, 2.75) is 6.73 Å². The van der Waals surface area contributed by atoms with Crippen LogP contribution in [0.2, 0.25) is 0 Å². The molecule has 0 aliphatic carbocycles. The van der Waals surface area contributed by atoms with Gasteiger partial charge in [-0.2, -0.15) is 4.98 Å². The van der Waals surface area contributed by atoms with E-state index in [1.807, 2.05) is 0 Å². The lowest BCUT2D eigenvalue weighted by molar-refractivity contribution is -0.249. The second-order valence-corrected chi connectivity index (χ2v) is 9.03. The molecule has 0 aromatic carbocycles. The molecule has 158 valence electrons. The number of phosphoric ester groups is 1. The summed E-state index contributed by atoms with van der Waals surface area (Å²) in [6.45, 7) is -1.41. The fourth-order valence-corrected chi connectivity index (χ4v) is 4.59. The number of aromatic nitrogens is 4. The van der Waals surface area contributed by atoms with E-state index in [-0.39, 0.29) is 23.8 Å². The van der Waals surface area contributed by atoms with Crippen molar-refractivity contribution < 1.29 is 51.2 Å². The van der Waals surface area contributed by atoms with Crippen LogP contribution in [0, 0.1) is 0 Å². The van der Waals surface area contributed by atoms with Crippen molar-refractivity contribution >= 4 is 40.6 Å². The molecule has 2 aromatic heterocycles. The molecule has 0 saturated carbocycles. The molecule has 28 heavy (non-hydrogen) atoms. The maximum Gasteiger partial charge on any atom is 0.280 e. The Balaban J connectivity index is 1.84. The van der Waals surface area contributed by atoms with Crippen molar-refractivity contribution in [3.8, 4) is 0 Å². The highest BCUT2D eigenvalue weighted by Crippen LogP contribution is 2.61. The zero-order valence-electron chi connectivity index (χ0n) is 13.4. The predicted molar refractivity (Wildman–Crippen MR) is 81.7 cm³/mol. The SMILES string of the molecule is Nc1nc2c(ncn2COCCOP(=O)([O-])OP(=O)([O-])OP(=O)([O-])O)c(=O)[nH]1. The third kappa shape index (κ3) is 6.84. The average Bonchev–Trinajstić information content (AvgIpc) is 2.86. The first-order valence-corrected chi connectivity index (χ1v) is 11.2. The Hall–Kier alpha value is -1.48. The molecule has 0 spiro atoms. The summed E-state index contributed by atoms with van der Waals surface area (Å²) in [5.41, 5.74) is 4.90. The van der Waals surface area contributed by atoms with Crippen molar-refractivity contribution in [2.75, 3.05) is 18.9 Å². The first kappa shape index (κ1) is 22.8. The maximum absolute atomic E-state index is 11.6. The Bertz CT molecular complexity index is 1040. The lowest BCUT2D eigenvalue weighted by Gasteiger charge is -2.32. The van der Waals surface area contributed by atoms with Gasteiger partial charge < -0.3 is 34.6 Å². The van der Waals surface area contributed by atoms with Gasteiger partial charge in [-0.1, -0.05) is 0 Å². The van der Waals surface area contributed by atoms with Gasteiger partial charge in [0.05, 0.1) is 19.5 Å². The Morgan fingerprint density at radius 1 is 1.18 bits per heavy atom. The molecule has 0 aliphatic rings. The van der Waals surface area contributed by atoms with Gasteiger partial charge in [-0.3, -0.25) is 28.0 Å². The largest absolute Gasteiger partial charge is 0.756 e. The standard InChI is InChI=1S/C8H14N5O12P3/c9-8-11-6-5(7(14)12-8)10-3-13(6)4-22-1-2-23-27(18,19)25-28(20,21)24-26(15,16)17/h3H,1-2,4H2,(H,18,19)(H,20,21)(H2,15,16,17)(H3,9,11,12,14)/p-3. The minimum absolute atomic E-state index is 0.0164. The van der Waals surface area contributed by atoms with Crippen molar-refractivity contribution in [3.63, 3.8) is 0 Å². The second kappa shape index (κ2) is 8.49. The van der Waals surface area contributed by atoms with Crippen LogP contribution in [-0.4, -0.2) is 37.6 Å². The number of nitrogens with two attached hydrogens (primary N) is 1. The molecule has 4 N–H and O–H groups in total. The summed E-state index contributed by atoms with van der Waals surface area (Å²) in [4.78, 5) is 62.3. The van der Waals surface area contributed by atoms with E-state index in [9.17, 15) is 33.2 Å². The van der Waals surface area contributed by atoms with E-state index in [0.717, 1.165) is 0 Å². The van der Waals surface area contributed by atoms with E-state index < -0.39 is 42.2 Å². The van der Waals surface area contributed by atoms with Crippen LogP contribution in [0.1, 0.15) is 0 Å². The number of fused-ring (bicyclic) bond motifs is 1. The number of nitrogen functional groups attached to an aromatic ring is 1. The van der Waals surface area contributed by atoms with Crippen molar-refractivity contribution in [1.29, 1.82) is 0 Å². The predicted octanol–water partition coefficient (Wildman–Crippen LogP) is -2.88. The number of rotatable bonds is 10. The van der Waals surface area contributed by atoms with E-state index >= 15 is 0 Å². The number of anilines is 1. The molecule has 17 nitrogen and oxygen atoms in total. The van der Waals surface area contributed by atoms with Gasteiger partial charge in [0.2, 0.25) is 5.95 Å². The maximum atomic E-state index is 11.6. The number of hydrogen-bond acceptors (Lipinski definition) is 14. The summed E-state index contributed by atoms with van der Waals surface area (Å²) < 4.78 is 49.6. The van der Waals surface area contributed by atoms with Gasteiger partial charge in [-0.05, 0) is 0 Å². The molecule has 3 atom stereocenters. The number of hydrogen-bond donors (Lipinski definition) is 3. The summed E-state index contributed by atoms with van der Waals surface area (Å²) in [5.74, 6) is -0.165. The lowest BCUT2D eigenvalue weighted by atomic mass is 10.5. The monoisotopic (exact) mass is 462 g/mol. The second-order valence-electron chi connectivity index (χ2n) is 4.73. The molecular weight excluding hydrogens is 451 g/mol. The van der Waals surface area contributed by atoms with Gasteiger partial charge in [-0.15, -0.1) is 0 Å². The summed E-state index contributed by atoms with van der Waals surface area (Å²) in [6, 6.07) is 0. The van der Waals surface area contributed by atoms with Gasteiger partial charge in [0.15, 0.2) is 11.2 Å². The summed E-state index contributed by atoms with van der Waals surface area (Å²) in [5, 5.41) is 0. The van der Waals surface area contributed by atoms with Crippen molar-refractivity contribution in [3.05, 3.63) is 16.7 Å². The van der Waals surface area contributed by atoms with E-state index in [1.165, 1.54) is 10.9 Å². The minimum Gasteiger partial charge on any atom is -0.756 e. The molecule has 0 aliphatic heterocycles. The Morgan fingerprint density at radius 3 is 2.50 bits per heavy atom. The van der Waals surface area contributed by atoms with Crippen LogP contribution in [0.15, 0.2) is 11.1 Å². The van der Waals surface area contributed by atoms with Crippen LogP contribution >= 0.6 is 23.5 Å². The van der Waals surface area contributed by atoms with Gasteiger partial charge in [0, 0.05) is 0 Å². The number of ether oxygens (including phenoxy) is 1. The fourth-order valence-electron chi connectivity index (χ4n) is 1.72. The summed E-state index contributed by atoms with van der Waals surface area (Å²) in [6.07, 6.45) is 1.20. The molecule has 0 fully saturated rings. The normalized spacial score (nSPS) is 18.4. The van der Waals surface area contributed by atoms with Crippen molar-refractivity contribution in [1.82, 2.24) is 19.5 Å². The van der Waals surface area contributed by atoms with Crippen LogP contribution in [0.4, 0.5) is 5.95 Å². The first-order valence-electron chi connectivity index (χ1n) is 6.79. The number of nitrogens with one attached hydrogen (secondary N) is 1.